The van der Waals surface area contributed by atoms with E-state index in [0.717, 1.165) is 35.5 Å². The first kappa shape index (κ1) is 31.0. The molecule has 0 saturated heterocycles. The van der Waals surface area contributed by atoms with Crippen LogP contribution in [0.1, 0.15) is 149 Å². The van der Waals surface area contributed by atoms with Crippen molar-refractivity contribution in [2.75, 3.05) is 0 Å². The van der Waals surface area contributed by atoms with E-state index in [2.05, 4.69) is 87.0 Å². The van der Waals surface area contributed by atoms with Crippen molar-refractivity contribution in [3.05, 3.63) is 96.1 Å². The first-order valence-corrected chi connectivity index (χ1v) is 21.0. The second kappa shape index (κ2) is 10.1. The van der Waals surface area contributed by atoms with Crippen LogP contribution in [0.2, 0.25) is 0 Å². The lowest BCUT2D eigenvalue weighted by Gasteiger charge is -2.78. The maximum absolute atomic E-state index is 4.22. The standard InChI is InChI=1S/C50H60/c1-5-33-9-34(6-2)15-43(14-33)45-18-37-11-38(19-45)23-47(22-37,30-45)49-26-41-13-42(27-49)29-50(28-41,32-49)48-24-39-12-40(25-48)21-46(20-39,31-48)44-16-35(7-3)10-36(8-4)17-44/h5-10,14-17,37-42H,1-4,11-13,18-32H2. The van der Waals surface area contributed by atoms with Gasteiger partial charge in [0.05, 0.1) is 0 Å². The van der Waals surface area contributed by atoms with Gasteiger partial charge in [-0.05, 0) is 229 Å². The number of hydrogen-bond acceptors (Lipinski definition) is 0. The smallest absolute Gasteiger partial charge is 0.00358 e. The molecule has 4 unspecified atom stereocenters. The van der Waals surface area contributed by atoms with Crippen molar-refractivity contribution in [2.24, 2.45) is 57.2 Å². The van der Waals surface area contributed by atoms with E-state index >= 15 is 0 Å². The first-order valence-electron chi connectivity index (χ1n) is 21.0. The van der Waals surface area contributed by atoms with Crippen molar-refractivity contribution in [1.29, 1.82) is 0 Å². The fourth-order valence-electron chi connectivity index (χ4n) is 18.4. The summed E-state index contributed by atoms with van der Waals surface area (Å²) >= 11 is 0. The van der Waals surface area contributed by atoms with Gasteiger partial charge in [0, 0.05) is 0 Å². The minimum absolute atomic E-state index is 0.362. The molecule has 12 fully saturated rings. The molecule has 12 saturated carbocycles. The Labute approximate surface area is 303 Å². The van der Waals surface area contributed by atoms with Crippen LogP contribution >= 0.6 is 0 Å². The van der Waals surface area contributed by atoms with Crippen molar-refractivity contribution in [3.63, 3.8) is 0 Å². The Bertz CT molecular complexity index is 1610. The molecule has 0 spiro atoms. The molecule has 0 radical (unpaired) electrons. The molecule has 0 heteroatoms. The number of rotatable bonds is 8. The lowest BCUT2D eigenvalue weighted by atomic mass is 9.26. The molecular formula is C50H60. The summed E-state index contributed by atoms with van der Waals surface area (Å²) in [6.07, 6.45) is 35.7. The summed E-state index contributed by atoms with van der Waals surface area (Å²) in [6, 6.07) is 14.8. The highest BCUT2D eigenvalue weighted by molar-refractivity contribution is 5.60. The molecule has 12 aliphatic carbocycles. The molecule has 0 heterocycles. The summed E-state index contributed by atoms with van der Waals surface area (Å²) in [5, 5.41) is 0. The maximum Gasteiger partial charge on any atom is -0.00358 e. The van der Waals surface area contributed by atoms with Gasteiger partial charge < -0.3 is 0 Å². The van der Waals surface area contributed by atoms with Gasteiger partial charge in [0.2, 0.25) is 0 Å². The van der Waals surface area contributed by atoms with Gasteiger partial charge in [0.15, 0.2) is 0 Å². The van der Waals surface area contributed by atoms with Crippen molar-refractivity contribution >= 4 is 24.3 Å². The third-order valence-electron chi connectivity index (χ3n) is 18.6. The molecule has 0 nitrogen and oxygen atoms in total. The van der Waals surface area contributed by atoms with Crippen LogP contribution in [0.15, 0.2) is 62.7 Å². The summed E-state index contributed by atoms with van der Waals surface area (Å²) in [6.45, 7) is 16.9. The molecule has 0 aromatic heterocycles. The van der Waals surface area contributed by atoms with E-state index < -0.39 is 0 Å². The van der Waals surface area contributed by atoms with Crippen LogP contribution < -0.4 is 0 Å². The van der Waals surface area contributed by atoms with Gasteiger partial charge in [-0.3, -0.25) is 0 Å². The predicted octanol–water partition coefficient (Wildman–Crippen LogP) is 13.2. The molecular weight excluding hydrogens is 601 g/mol. The van der Waals surface area contributed by atoms with E-state index in [-0.39, 0.29) is 0 Å². The van der Waals surface area contributed by atoms with Gasteiger partial charge in [-0.15, -0.1) is 0 Å². The SMILES string of the molecule is C=Cc1cc(C=C)cc(C23CC4CC(C2)CC(C25CC6CC(C2)CC(C27CC8CC(CC(c9cc(C=C)cc(C=C)c9)(C8)C2)C7)(C6)C5)(C4)C3)c1. The molecule has 12 bridgehead atoms. The zero-order valence-electron chi connectivity index (χ0n) is 30.8. The van der Waals surface area contributed by atoms with Gasteiger partial charge in [-0.2, -0.15) is 0 Å². The molecule has 4 atom stereocenters. The molecule has 50 heavy (non-hydrogen) atoms. The minimum atomic E-state index is 0.362. The highest BCUT2D eigenvalue weighted by Crippen LogP contribution is 2.83. The molecule has 2 aromatic carbocycles. The lowest BCUT2D eigenvalue weighted by molar-refractivity contribution is -0.272. The van der Waals surface area contributed by atoms with Crippen molar-refractivity contribution in [1.82, 2.24) is 0 Å². The van der Waals surface area contributed by atoms with Gasteiger partial charge in [-0.1, -0.05) is 74.9 Å². The zero-order chi connectivity index (χ0) is 33.7. The average Bonchev–Trinajstić information content (AvgIpc) is 3.09. The summed E-state index contributed by atoms with van der Waals surface area (Å²) in [5.74, 6) is 5.68. The normalized spacial score (nSPS) is 48.6. The quantitative estimate of drug-likeness (QED) is 0.264. The van der Waals surface area contributed by atoms with Gasteiger partial charge >= 0.3 is 0 Å². The molecule has 0 N–H and O–H groups in total. The molecule has 0 aliphatic heterocycles. The Hall–Kier alpha value is -2.60. The second-order valence-corrected chi connectivity index (χ2v) is 21.2. The summed E-state index contributed by atoms with van der Waals surface area (Å²) < 4.78 is 0. The number of benzene rings is 2. The van der Waals surface area contributed by atoms with Gasteiger partial charge in [0.25, 0.3) is 0 Å². The van der Waals surface area contributed by atoms with Gasteiger partial charge in [-0.25, -0.2) is 0 Å². The Morgan fingerprint density at radius 1 is 0.360 bits per heavy atom. The van der Waals surface area contributed by atoms with Crippen molar-refractivity contribution in [3.8, 4) is 0 Å². The van der Waals surface area contributed by atoms with E-state index in [1.807, 2.05) is 0 Å². The monoisotopic (exact) mass is 660 g/mol. The van der Waals surface area contributed by atoms with Crippen LogP contribution in [-0.4, -0.2) is 0 Å². The largest absolute Gasteiger partial charge is 0.0985 e. The van der Waals surface area contributed by atoms with Crippen LogP contribution in [-0.2, 0) is 10.8 Å². The molecule has 260 valence electrons. The van der Waals surface area contributed by atoms with Crippen molar-refractivity contribution < 1.29 is 0 Å². The highest BCUT2D eigenvalue weighted by atomic mass is 14.8. The Balaban J connectivity index is 1.01. The molecule has 12 aliphatic rings. The number of hydrogen-bond donors (Lipinski definition) is 0. The van der Waals surface area contributed by atoms with E-state index in [0.29, 0.717) is 32.5 Å². The van der Waals surface area contributed by atoms with Gasteiger partial charge in [0.1, 0.15) is 0 Å². The van der Waals surface area contributed by atoms with E-state index in [1.165, 1.54) is 73.6 Å². The lowest BCUT2D eigenvalue weighted by Crippen LogP contribution is -2.69. The summed E-state index contributed by atoms with van der Waals surface area (Å²) in [4.78, 5) is 0. The molecule has 0 amide bonds. The fourth-order valence-corrected chi connectivity index (χ4v) is 18.4. The Morgan fingerprint density at radius 3 is 0.900 bits per heavy atom. The van der Waals surface area contributed by atoms with Crippen LogP contribution in [0, 0.1) is 57.2 Å². The predicted molar refractivity (Wildman–Crippen MR) is 210 cm³/mol. The van der Waals surface area contributed by atoms with E-state index in [4.69, 9.17) is 0 Å². The summed E-state index contributed by atoms with van der Waals surface area (Å²) in [5.41, 5.74) is 11.5. The highest BCUT2D eigenvalue weighted by Gasteiger charge is 2.74. The maximum atomic E-state index is 4.22. The first-order chi connectivity index (χ1) is 24.2. The van der Waals surface area contributed by atoms with Crippen LogP contribution in [0.3, 0.4) is 0 Å². The minimum Gasteiger partial charge on any atom is -0.0985 e. The third kappa shape index (κ3) is 4.01. The van der Waals surface area contributed by atoms with E-state index in [1.54, 1.807) is 75.3 Å². The second-order valence-electron chi connectivity index (χ2n) is 21.2. The van der Waals surface area contributed by atoms with Crippen LogP contribution in [0.4, 0.5) is 0 Å². The fraction of sp³-hybridized carbons (Fsp3) is 0.600. The molecule has 2 aromatic rings. The Kier molecular flexibility index (Phi) is 6.24. The molecule has 14 rings (SSSR count). The topological polar surface area (TPSA) is 0 Å². The van der Waals surface area contributed by atoms with E-state index in [9.17, 15) is 0 Å². The van der Waals surface area contributed by atoms with Crippen LogP contribution in [0.25, 0.3) is 24.3 Å². The van der Waals surface area contributed by atoms with Crippen LogP contribution in [0.5, 0.6) is 0 Å². The third-order valence-corrected chi connectivity index (χ3v) is 18.6. The van der Waals surface area contributed by atoms with Crippen molar-refractivity contribution in [2.45, 2.75) is 126 Å². The summed E-state index contributed by atoms with van der Waals surface area (Å²) in [7, 11) is 0. The zero-order valence-corrected chi connectivity index (χ0v) is 30.8. The average molecular weight is 661 g/mol. The Morgan fingerprint density at radius 2 is 0.620 bits per heavy atom.